The third kappa shape index (κ3) is 6.36. The van der Waals surface area contributed by atoms with Crippen molar-refractivity contribution in [2.75, 3.05) is 18.4 Å². The molecule has 0 saturated carbocycles. The van der Waals surface area contributed by atoms with Crippen LogP contribution in [0.5, 0.6) is 0 Å². The Balaban J connectivity index is 1.29. The van der Waals surface area contributed by atoms with Crippen LogP contribution in [0.2, 0.25) is 0 Å². The standard InChI is InChI=1S/C23H26N4O2S2/c1-16-12-27(13-17(2)29-16)14-18-8-10-20(11-9-18)21(28)24-22-25-26-23(31-22)30-15-19-6-4-3-5-7-19/h3-11,16-17H,12-15H2,1-2H3,(H,24,25,28). The number of thioether (sulfide) groups is 1. The van der Waals surface area contributed by atoms with Crippen LogP contribution in [0.4, 0.5) is 5.13 Å². The topological polar surface area (TPSA) is 67.4 Å². The second-order valence-corrected chi connectivity index (χ2v) is 9.95. The number of anilines is 1. The number of nitrogens with one attached hydrogen (secondary N) is 1. The first-order valence-electron chi connectivity index (χ1n) is 10.3. The SMILES string of the molecule is CC1CN(Cc2ccc(C(=O)Nc3nnc(SCc4ccccc4)s3)cc2)CC(C)O1. The van der Waals surface area contributed by atoms with Gasteiger partial charge in [0.1, 0.15) is 0 Å². The van der Waals surface area contributed by atoms with Gasteiger partial charge in [-0.15, -0.1) is 10.2 Å². The lowest BCUT2D eigenvalue weighted by molar-refractivity contribution is -0.0704. The summed E-state index contributed by atoms with van der Waals surface area (Å²) < 4.78 is 6.63. The molecule has 1 fully saturated rings. The van der Waals surface area contributed by atoms with Crippen molar-refractivity contribution in [3.8, 4) is 0 Å². The maximum Gasteiger partial charge on any atom is 0.257 e. The number of hydrogen-bond acceptors (Lipinski definition) is 7. The molecule has 6 nitrogen and oxygen atoms in total. The van der Waals surface area contributed by atoms with Crippen LogP contribution >= 0.6 is 23.1 Å². The molecular formula is C23H26N4O2S2. The molecule has 31 heavy (non-hydrogen) atoms. The molecule has 1 saturated heterocycles. The highest BCUT2D eigenvalue weighted by Crippen LogP contribution is 2.28. The zero-order chi connectivity index (χ0) is 21.6. The first-order chi connectivity index (χ1) is 15.0. The van der Waals surface area contributed by atoms with Crippen LogP contribution in [-0.4, -0.2) is 46.3 Å². The molecule has 1 N–H and O–H groups in total. The average Bonchev–Trinajstić information content (AvgIpc) is 3.20. The normalized spacial score (nSPS) is 19.3. The lowest BCUT2D eigenvalue weighted by Gasteiger charge is -2.35. The Hall–Kier alpha value is -2.26. The maximum absolute atomic E-state index is 12.6. The Kier molecular flexibility index (Phi) is 7.34. The predicted molar refractivity (Wildman–Crippen MR) is 126 cm³/mol. The minimum absolute atomic E-state index is 0.170. The number of nitrogens with zero attached hydrogens (tertiary/aromatic N) is 3. The number of hydrogen-bond donors (Lipinski definition) is 1. The molecule has 3 aromatic rings. The third-order valence-corrected chi connectivity index (χ3v) is 6.99. The van der Waals surface area contributed by atoms with Gasteiger partial charge in [0.2, 0.25) is 5.13 Å². The summed E-state index contributed by atoms with van der Waals surface area (Å²) in [4.78, 5) is 15.0. The number of morpholine rings is 1. The summed E-state index contributed by atoms with van der Waals surface area (Å²) in [6.07, 6.45) is 0.493. The number of aromatic nitrogens is 2. The Morgan fingerprint density at radius 2 is 1.77 bits per heavy atom. The molecule has 1 aliphatic rings. The molecule has 0 spiro atoms. The summed E-state index contributed by atoms with van der Waals surface area (Å²) in [7, 11) is 0. The van der Waals surface area contributed by atoms with Crippen molar-refractivity contribution in [2.45, 2.75) is 42.7 Å². The van der Waals surface area contributed by atoms with Crippen molar-refractivity contribution in [3.63, 3.8) is 0 Å². The van der Waals surface area contributed by atoms with Gasteiger partial charge in [0.05, 0.1) is 12.2 Å². The average molecular weight is 455 g/mol. The van der Waals surface area contributed by atoms with E-state index in [2.05, 4.69) is 46.4 Å². The van der Waals surface area contributed by atoms with Gasteiger partial charge in [-0.1, -0.05) is 65.6 Å². The van der Waals surface area contributed by atoms with Gasteiger partial charge in [0.25, 0.3) is 5.91 Å². The Bertz CT molecular complexity index is 984. The minimum Gasteiger partial charge on any atom is -0.373 e. The molecule has 1 amide bonds. The Morgan fingerprint density at radius 3 is 2.48 bits per heavy atom. The molecule has 4 rings (SSSR count). The molecule has 1 aliphatic heterocycles. The fourth-order valence-corrected chi connectivity index (χ4v) is 5.34. The zero-order valence-corrected chi connectivity index (χ0v) is 19.3. The molecule has 162 valence electrons. The largest absolute Gasteiger partial charge is 0.373 e. The van der Waals surface area contributed by atoms with Crippen LogP contribution in [0.1, 0.15) is 35.3 Å². The molecule has 2 aromatic carbocycles. The van der Waals surface area contributed by atoms with Gasteiger partial charge in [0.15, 0.2) is 4.34 Å². The summed E-state index contributed by atoms with van der Waals surface area (Å²) in [6.45, 7) is 6.92. The van der Waals surface area contributed by atoms with E-state index in [0.29, 0.717) is 10.7 Å². The monoisotopic (exact) mass is 454 g/mol. The van der Waals surface area contributed by atoms with E-state index in [4.69, 9.17) is 4.74 Å². The molecular weight excluding hydrogens is 428 g/mol. The van der Waals surface area contributed by atoms with Gasteiger partial charge in [-0.05, 0) is 37.1 Å². The van der Waals surface area contributed by atoms with E-state index in [1.807, 2.05) is 42.5 Å². The second-order valence-electron chi connectivity index (χ2n) is 7.75. The van der Waals surface area contributed by atoms with E-state index in [9.17, 15) is 4.79 Å². The van der Waals surface area contributed by atoms with Gasteiger partial charge < -0.3 is 4.74 Å². The summed E-state index contributed by atoms with van der Waals surface area (Å²) in [5.41, 5.74) is 3.03. The van der Waals surface area contributed by atoms with Crippen LogP contribution in [-0.2, 0) is 17.0 Å². The molecule has 2 atom stereocenters. The number of ether oxygens (including phenoxy) is 1. The van der Waals surface area contributed by atoms with Gasteiger partial charge in [0, 0.05) is 31.0 Å². The van der Waals surface area contributed by atoms with Crippen LogP contribution in [0, 0.1) is 0 Å². The van der Waals surface area contributed by atoms with Crippen molar-refractivity contribution >= 4 is 34.1 Å². The van der Waals surface area contributed by atoms with Crippen molar-refractivity contribution in [1.82, 2.24) is 15.1 Å². The van der Waals surface area contributed by atoms with E-state index in [1.165, 1.54) is 22.5 Å². The first-order valence-corrected chi connectivity index (χ1v) is 12.1. The number of benzene rings is 2. The van der Waals surface area contributed by atoms with Crippen molar-refractivity contribution in [3.05, 3.63) is 71.3 Å². The summed E-state index contributed by atoms with van der Waals surface area (Å²) in [6, 6.07) is 18.0. The number of rotatable bonds is 7. The Labute approximate surface area is 191 Å². The molecule has 0 radical (unpaired) electrons. The van der Waals surface area contributed by atoms with Crippen molar-refractivity contribution in [1.29, 1.82) is 0 Å². The number of carbonyl (C=O) groups is 1. The van der Waals surface area contributed by atoms with E-state index in [0.717, 1.165) is 29.7 Å². The van der Waals surface area contributed by atoms with E-state index in [-0.39, 0.29) is 18.1 Å². The molecule has 0 bridgehead atoms. The maximum atomic E-state index is 12.6. The van der Waals surface area contributed by atoms with Gasteiger partial charge in [-0.25, -0.2) is 0 Å². The van der Waals surface area contributed by atoms with Crippen LogP contribution in [0.3, 0.4) is 0 Å². The van der Waals surface area contributed by atoms with Crippen molar-refractivity contribution < 1.29 is 9.53 Å². The second kappa shape index (κ2) is 10.4. The van der Waals surface area contributed by atoms with Gasteiger partial charge in [-0.2, -0.15) is 0 Å². The summed E-state index contributed by atoms with van der Waals surface area (Å²) in [5, 5.41) is 11.6. The minimum atomic E-state index is -0.170. The lowest BCUT2D eigenvalue weighted by Crippen LogP contribution is -2.44. The molecule has 8 heteroatoms. The number of carbonyl (C=O) groups excluding carboxylic acids is 1. The van der Waals surface area contributed by atoms with Crippen LogP contribution in [0.25, 0.3) is 0 Å². The molecule has 1 aromatic heterocycles. The smallest absolute Gasteiger partial charge is 0.257 e. The highest BCUT2D eigenvalue weighted by molar-refractivity contribution is 8.00. The number of amides is 1. The molecule has 0 aliphatic carbocycles. The summed E-state index contributed by atoms with van der Waals surface area (Å²) in [5.74, 6) is 0.655. The summed E-state index contributed by atoms with van der Waals surface area (Å²) >= 11 is 3.01. The fraction of sp³-hybridized carbons (Fsp3) is 0.348. The van der Waals surface area contributed by atoms with Crippen molar-refractivity contribution in [2.24, 2.45) is 0 Å². The zero-order valence-electron chi connectivity index (χ0n) is 17.7. The fourth-order valence-electron chi connectivity index (χ4n) is 3.64. The van der Waals surface area contributed by atoms with Gasteiger partial charge in [-0.3, -0.25) is 15.0 Å². The van der Waals surface area contributed by atoms with Gasteiger partial charge >= 0.3 is 0 Å². The lowest BCUT2D eigenvalue weighted by atomic mass is 10.1. The van der Waals surface area contributed by atoms with Crippen LogP contribution < -0.4 is 5.32 Å². The third-order valence-electron chi connectivity index (χ3n) is 4.95. The Morgan fingerprint density at radius 1 is 1.06 bits per heavy atom. The van der Waals surface area contributed by atoms with E-state index < -0.39 is 0 Å². The molecule has 2 heterocycles. The van der Waals surface area contributed by atoms with E-state index >= 15 is 0 Å². The predicted octanol–water partition coefficient (Wildman–Crippen LogP) is 4.69. The highest BCUT2D eigenvalue weighted by Gasteiger charge is 2.22. The quantitative estimate of drug-likeness (QED) is 0.413. The molecule has 2 unspecified atom stereocenters. The van der Waals surface area contributed by atoms with E-state index in [1.54, 1.807) is 11.8 Å². The van der Waals surface area contributed by atoms with Crippen LogP contribution in [0.15, 0.2) is 58.9 Å². The first kappa shape index (κ1) is 22.0. The highest BCUT2D eigenvalue weighted by atomic mass is 32.2.